The zero-order valence-electron chi connectivity index (χ0n) is 10.3. The Morgan fingerprint density at radius 1 is 1.53 bits per heavy atom. The molecule has 0 spiro atoms. The molecular weight excluding hydrogens is 224 g/mol. The Morgan fingerprint density at radius 3 is 2.76 bits per heavy atom. The first kappa shape index (κ1) is 14.2. The van der Waals surface area contributed by atoms with Crippen molar-refractivity contribution in [3.05, 3.63) is 0 Å². The summed E-state index contributed by atoms with van der Waals surface area (Å²) < 4.78 is 5.50. The lowest BCUT2D eigenvalue weighted by Crippen LogP contribution is -2.43. The topological polar surface area (TPSA) is 94.3 Å². The van der Waals surface area contributed by atoms with Crippen LogP contribution < -0.4 is 5.32 Å². The minimum atomic E-state index is -1.01. The third kappa shape index (κ3) is 3.83. The first-order valence-electron chi connectivity index (χ1n) is 6.02. The van der Waals surface area contributed by atoms with Crippen LogP contribution >= 0.6 is 0 Å². The van der Waals surface area contributed by atoms with E-state index in [0.29, 0.717) is 12.6 Å². The average molecular weight is 246 g/mol. The Bertz CT molecular complexity index is 258. The predicted molar refractivity (Wildman–Crippen MR) is 63.7 cm³/mol. The minimum Gasteiger partial charge on any atom is -0.460 e. The first-order chi connectivity index (χ1) is 8.10. The van der Waals surface area contributed by atoms with Gasteiger partial charge >= 0.3 is 0 Å². The van der Waals surface area contributed by atoms with E-state index in [9.17, 15) is 15.3 Å². The van der Waals surface area contributed by atoms with E-state index in [1.807, 2.05) is 6.92 Å². The maximum atomic E-state index is 9.75. The van der Waals surface area contributed by atoms with E-state index < -0.39 is 18.1 Å². The molecule has 0 aromatic rings. The molecule has 4 atom stereocenters. The summed E-state index contributed by atoms with van der Waals surface area (Å²) >= 11 is 0. The van der Waals surface area contributed by atoms with Crippen LogP contribution in [-0.4, -0.2) is 59.3 Å². The molecule has 0 aromatic carbocycles. The smallest absolute Gasteiger partial charge is 0.285 e. The van der Waals surface area contributed by atoms with Crippen LogP contribution in [0, 0.1) is 5.92 Å². The van der Waals surface area contributed by atoms with Crippen molar-refractivity contribution in [2.24, 2.45) is 10.9 Å². The lowest BCUT2D eigenvalue weighted by atomic mass is 9.93. The van der Waals surface area contributed by atoms with Gasteiger partial charge in [-0.2, -0.15) is 0 Å². The molecule has 0 aromatic heterocycles. The van der Waals surface area contributed by atoms with Crippen molar-refractivity contribution in [2.75, 3.05) is 19.7 Å². The molecule has 0 aliphatic carbocycles. The van der Waals surface area contributed by atoms with Crippen molar-refractivity contribution in [1.82, 2.24) is 5.32 Å². The van der Waals surface area contributed by atoms with E-state index in [2.05, 4.69) is 10.3 Å². The van der Waals surface area contributed by atoms with Gasteiger partial charge in [0.15, 0.2) is 0 Å². The second-order valence-corrected chi connectivity index (χ2v) is 4.31. The Hall–Kier alpha value is -0.850. The van der Waals surface area contributed by atoms with Gasteiger partial charge in [-0.05, 0) is 13.3 Å². The van der Waals surface area contributed by atoms with Crippen molar-refractivity contribution < 1.29 is 20.1 Å². The molecule has 1 unspecified atom stereocenters. The largest absolute Gasteiger partial charge is 0.460 e. The van der Waals surface area contributed by atoms with Crippen LogP contribution in [0.2, 0.25) is 0 Å². The SMILES string of the molecule is CCCNC1=NCC([C@H](CO)[C@@H](O)[C@@H](C)O)O1. The van der Waals surface area contributed by atoms with Gasteiger partial charge in [-0.25, -0.2) is 4.99 Å². The number of ether oxygens (including phenoxy) is 1. The number of aliphatic hydroxyl groups is 3. The molecule has 1 aliphatic rings. The Balaban J connectivity index is 2.47. The van der Waals surface area contributed by atoms with Gasteiger partial charge in [-0.3, -0.25) is 0 Å². The third-order valence-electron chi connectivity index (χ3n) is 2.83. The lowest BCUT2D eigenvalue weighted by molar-refractivity contribution is -0.0587. The number of aliphatic imine (C=N–C) groups is 1. The molecule has 0 fully saturated rings. The van der Waals surface area contributed by atoms with Gasteiger partial charge in [-0.15, -0.1) is 0 Å². The maximum absolute atomic E-state index is 9.75. The van der Waals surface area contributed by atoms with Gasteiger partial charge in [0.05, 0.1) is 25.4 Å². The van der Waals surface area contributed by atoms with Crippen LogP contribution in [0.5, 0.6) is 0 Å². The average Bonchev–Trinajstić information content (AvgIpc) is 2.75. The fraction of sp³-hybridized carbons (Fsp3) is 0.909. The molecule has 0 radical (unpaired) electrons. The third-order valence-corrected chi connectivity index (χ3v) is 2.83. The van der Waals surface area contributed by atoms with E-state index in [0.717, 1.165) is 13.0 Å². The van der Waals surface area contributed by atoms with E-state index in [1.165, 1.54) is 6.92 Å². The minimum absolute atomic E-state index is 0.243. The number of rotatable bonds is 6. The summed E-state index contributed by atoms with van der Waals surface area (Å²) in [4.78, 5) is 4.14. The summed E-state index contributed by atoms with van der Waals surface area (Å²) in [6, 6.07) is 0.452. The van der Waals surface area contributed by atoms with Gasteiger partial charge in [-0.1, -0.05) is 6.92 Å². The molecule has 100 valence electrons. The number of aliphatic hydroxyl groups excluding tert-OH is 3. The van der Waals surface area contributed by atoms with Crippen LogP contribution in [0.1, 0.15) is 20.3 Å². The molecule has 0 bridgehead atoms. The number of hydrogen-bond donors (Lipinski definition) is 4. The highest BCUT2D eigenvalue weighted by Gasteiger charge is 2.35. The van der Waals surface area contributed by atoms with Gasteiger partial charge in [0.2, 0.25) is 0 Å². The van der Waals surface area contributed by atoms with Crippen LogP contribution in [0.15, 0.2) is 4.99 Å². The number of nitrogens with one attached hydrogen (secondary N) is 1. The number of nitrogens with zero attached hydrogens (tertiary/aromatic N) is 1. The van der Waals surface area contributed by atoms with E-state index in [4.69, 9.17) is 4.74 Å². The van der Waals surface area contributed by atoms with Crippen LogP contribution in [0.25, 0.3) is 0 Å². The molecule has 0 amide bonds. The van der Waals surface area contributed by atoms with Crippen molar-refractivity contribution in [1.29, 1.82) is 0 Å². The maximum Gasteiger partial charge on any atom is 0.285 e. The van der Waals surface area contributed by atoms with Crippen LogP contribution in [-0.2, 0) is 4.74 Å². The number of hydrogen-bond acceptors (Lipinski definition) is 6. The fourth-order valence-electron chi connectivity index (χ4n) is 1.75. The zero-order chi connectivity index (χ0) is 12.8. The summed E-state index contributed by atoms with van der Waals surface area (Å²) in [5.74, 6) is -0.528. The highest BCUT2D eigenvalue weighted by molar-refractivity contribution is 5.75. The Labute approximate surface area is 101 Å². The molecule has 1 heterocycles. The highest BCUT2D eigenvalue weighted by atomic mass is 16.5. The Morgan fingerprint density at radius 2 is 2.24 bits per heavy atom. The van der Waals surface area contributed by atoms with Crippen LogP contribution in [0.4, 0.5) is 0 Å². The van der Waals surface area contributed by atoms with Crippen molar-refractivity contribution in [2.45, 2.75) is 38.6 Å². The highest BCUT2D eigenvalue weighted by Crippen LogP contribution is 2.19. The summed E-state index contributed by atoms with van der Waals surface area (Å²) in [7, 11) is 0. The normalized spacial score (nSPS) is 24.8. The monoisotopic (exact) mass is 246 g/mol. The second-order valence-electron chi connectivity index (χ2n) is 4.31. The Kier molecular flexibility index (Phi) is 5.67. The first-order valence-corrected chi connectivity index (χ1v) is 6.02. The van der Waals surface area contributed by atoms with Gasteiger partial charge in [0, 0.05) is 12.5 Å². The standard InChI is InChI=1S/C11H22N2O4/c1-3-4-12-11-13-5-9(17-11)8(6-14)10(16)7(2)15/h7-10,14-16H,3-6H2,1-2H3,(H,12,13)/t7-,8+,9?,10+/m1/s1. The molecular formula is C11H22N2O4. The zero-order valence-corrected chi connectivity index (χ0v) is 10.3. The van der Waals surface area contributed by atoms with E-state index in [-0.39, 0.29) is 12.7 Å². The van der Waals surface area contributed by atoms with Crippen molar-refractivity contribution in [3.8, 4) is 0 Å². The van der Waals surface area contributed by atoms with Crippen LogP contribution in [0.3, 0.4) is 0 Å². The van der Waals surface area contributed by atoms with Crippen molar-refractivity contribution in [3.63, 3.8) is 0 Å². The summed E-state index contributed by atoms with van der Waals surface area (Å²) in [5, 5.41) is 31.3. The second kappa shape index (κ2) is 6.78. The molecule has 0 saturated heterocycles. The molecule has 4 N–H and O–H groups in total. The predicted octanol–water partition coefficient (Wildman–Crippen LogP) is -0.909. The summed E-state index contributed by atoms with van der Waals surface area (Å²) in [5.41, 5.74) is 0. The molecule has 6 nitrogen and oxygen atoms in total. The quantitative estimate of drug-likeness (QED) is 0.487. The van der Waals surface area contributed by atoms with Gasteiger partial charge in [0.25, 0.3) is 6.02 Å². The lowest BCUT2D eigenvalue weighted by Gasteiger charge is -2.27. The fourth-order valence-corrected chi connectivity index (χ4v) is 1.75. The van der Waals surface area contributed by atoms with E-state index in [1.54, 1.807) is 0 Å². The van der Waals surface area contributed by atoms with Crippen molar-refractivity contribution >= 4 is 6.02 Å². The van der Waals surface area contributed by atoms with Gasteiger partial charge < -0.3 is 25.4 Å². The molecule has 1 rings (SSSR count). The molecule has 6 heteroatoms. The van der Waals surface area contributed by atoms with E-state index >= 15 is 0 Å². The van der Waals surface area contributed by atoms with Gasteiger partial charge in [0.1, 0.15) is 6.10 Å². The number of amidine groups is 1. The molecule has 17 heavy (non-hydrogen) atoms. The summed E-state index contributed by atoms with van der Waals surface area (Å²) in [6.45, 7) is 4.44. The summed E-state index contributed by atoms with van der Waals surface area (Å²) in [6.07, 6.45) is -1.33. The molecule has 0 saturated carbocycles. The molecule has 1 aliphatic heterocycles.